The summed E-state index contributed by atoms with van der Waals surface area (Å²) in [6, 6.07) is 0.435. The predicted molar refractivity (Wildman–Crippen MR) is 79.2 cm³/mol. The van der Waals surface area contributed by atoms with Gasteiger partial charge in [-0.05, 0) is 26.7 Å². The van der Waals surface area contributed by atoms with Gasteiger partial charge in [0, 0.05) is 18.0 Å². The topological polar surface area (TPSA) is 49.3 Å². The molecule has 0 aliphatic heterocycles. The Labute approximate surface area is 114 Å². The lowest BCUT2D eigenvalue weighted by molar-refractivity contribution is 0.624. The van der Waals surface area contributed by atoms with Crippen LogP contribution in [0.25, 0.3) is 0 Å². The Morgan fingerprint density at radius 3 is 2.78 bits per heavy atom. The average Bonchev–Trinajstić information content (AvgIpc) is 2.84. The zero-order valence-electron chi connectivity index (χ0n) is 11.8. The molecule has 0 aliphatic rings. The van der Waals surface area contributed by atoms with Gasteiger partial charge >= 0.3 is 0 Å². The number of hydrogen-bond acceptors (Lipinski definition) is 3. The predicted octanol–water partition coefficient (Wildman–Crippen LogP) is 2.56. The van der Waals surface area contributed by atoms with Crippen molar-refractivity contribution in [3.8, 4) is 0 Å². The Hall–Kier alpha value is -1.10. The van der Waals surface area contributed by atoms with E-state index in [2.05, 4.69) is 53.7 Å². The van der Waals surface area contributed by atoms with Gasteiger partial charge in [0.1, 0.15) is 0 Å². The molecule has 2 N–H and O–H groups in total. The normalized spacial score (nSPS) is 13.4. The van der Waals surface area contributed by atoms with Crippen molar-refractivity contribution in [3.63, 3.8) is 0 Å². The van der Waals surface area contributed by atoms with E-state index in [1.165, 1.54) is 5.01 Å². The van der Waals surface area contributed by atoms with Crippen LogP contribution in [0.4, 0.5) is 0 Å². The third-order valence-electron chi connectivity index (χ3n) is 2.64. The van der Waals surface area contributed by atoms with E-state index in [0.717, 1.165) is 31.0 Å². The molecule has 0 saturated heterocycles. The monoisotopic (exact) mass is 268 g/mol. The molecule has 1 heterocycles. The van der Waals surface area contributed by atoms with Gasteiger partial charge in [0.05, 0.1) is 17.2 Å². The van der Waals surface area contributed by atoms with Gasteiger partial charge < -0.3 is 10.6 Å². The Balaban J connectivity index is 2.58. The zero-order chi connectivity index (χ0) is 13.4. The maximum absolute atomic E-state index is 4.56. The molecule has 0 aliphatic carbocycles. The molecule has 0 aromatic carbocycles. The zero-order valence-corrected chi connectivity index (χ0v) is 12.6. The lowest BCUT2D eigenvalue weighted by Gasteiger charge is -2.15. The SMILES string of the molecule is CCNC(=NCc1csc(CC)n1)NC(C)CC. The first-order valence-corrected chi connectivity index (χ1v) is 7.55. The van der Waals surface area contributed by atoms with Crippen LogP contribution in [0.1, 0.15) is 44.8 Å². The number of guanidine groups is 1. The summed E-state index contributed by atoms with van der Waals surface area (Å²) in [6.07, 6.45) is 2.08. The van der Waals surface area contributed by atoms with Crippen molar-refractivity contribution in [2.75, 3.05) is 6.54 Å². The fourth-order valence-corrected chi connectivity index (χ4v) is 2.14. The minimum atomic E-state index is 0.435. The van der Waals surface area contributed by atoms with Crippen LogP contribution in [0, 0.1) is 0 Å². The molecule has 0 bridgehead atoms. The van der Waals surface area contributed by atoms with Crippen molar-refractivity contribution >= 4 is 17.3 Å². The summed E-state index contributed by atoms with van der Waals surface area (Å²) < 4.78 is 0. The number of thiazole rings is 1. The largest absolute Gasteiger partial charge is 0.357 e. The first-order valence-electron chi connectivity index (χ1n) is 6.67. The molecular weight excluding hydrogens is 244 g/mol. The highest BCUT2D eigenvalue weighted by Gasteiger charge is 2.03. The van der Waals surface area contributed by atoms with E-state index in [1.54, 1.807) is 11.3 Å². The highest BCUT2D eigenvalue weighted by molar-refractivity contribution is 7.09. The third-order valence-corrected chi connectivity index (χ3v) is 3.68. The summed E-state index contributed by atoms with van der Waals surface area (Å²) in [4.78, 5) is 9.07. The molecule has 0 spiro atoms. The van der Waals surface area contributed by atoms with E-state index in [-0.39, 0.29) is 0 Å². The maximum Gasteiger partial charge on any atom is 0.191 e. The minimum Gasteiger partial charge on any atom is -0.357 e. The molecule has 5 heteroatoms. The number of aromatic nitrogens is 1. The summed E-state index contributed by atoms with van der Waals surface area (Å²) >= 11 is 1.71. The van der Waals surface area contributed by atoms with Gasteiger partial charge in [-0.15, -0.1) is 11.3 Å². The van der Waals surface area contributed by atoms with Crippen LogP contribution in [0.5, 0.6) is 0 Å². The summed E-state index contributed by atoms with van der Waals surface area (Å²) in [5, 5.41) is 9.90. The molecule has 0 saturated carbocycles. The van der Waals surface area contributed by atoms with E-state index >= 15 is 0 Å². The Morgan fingerprint density at radius 2 is 2.22 bits per heavy atom. The number of hydrogen-bond donors (Lipinski definition) is 2. The molecular formula is C13H24N4S. The van der Waals surface area contributed by atoms with E-state index in [4.69, 9.17) is 0 Å². The first-order chi connectivity index (χ1) is 8.69. The summed E-state index contributed by atoms with van der Waals surface area (Å²) in [5.74, 6) is 0.873. The van der Waals surface area contributed by atoms with E-state index in [0.29, 0.717) is 12.6 Å². The molecule has 0 fully saturated rings. The summed E-state index contributed by atoms with van der Waals surface area (Å²) in [5.41, 5.74) is 1.05. The molecule has 1 rings (SSSR count). The van der Waals surface area contributed by atoms with Crippen LogP contribution in [0.15, 0.2) is 10.4 Å². The van der Waals surface area contributed by atoms with Gasteiger partial charge in [-0.3, -0.25) is 0 Å². The van der Waals surface area contributed by atoms with Crippen molar-refractivity contribution in [1.29, 1.82) is 0 Å². The number of rotatable bonds is 6. The average molecular weight is 268 g/mol. The van der Waals surface area contributed by atoms with E-state index in [1.807, 2.05) is 0 Å². The number of aliphatic imine (C=N–C) groups is 1. The van der Waals surface area contributed by atoms with Crippen molar-refractivity contribution in [2.24, 2.45) is 4.99 Å². The van der Waals surface area contributed by atoms with Crippen LogP contribution in [0.3, 0.4) is 0 Å². The lowest BCUT2D eigenvalue weighted by atomic mass is 10.3. The number of nitrogens with one attached hydrogen (secondary N) is 2. The Bertz CT molecular complexity index is 373. The van der Waals surface area contributed by atoms with Gasteiger partial charge in [0.2, 0.25) is 0 Å². The van der Waals surface area contributed by atoms with Crippen LogP contribution >= 0.6 is 11.3 Å². The summed E-state index contributed by atoms with van der Waals surface area (Å²) in [7, 11) is 0. The molecule has 0 amide bonds. The first kappa shape index (κ1) is 15.0. The third kappa shape index (κ3) is 5.04. The molecule has 1 atom stereocenters. The fourth-order valence-electron chi connectivity index (χ4n) is 1.40. The van der Waals surface area contributed by atoms with Crippen LogP contribution in [-0.2, 0) is 13.0 Å². The van der Waals surface area contributed by atoms with E-state index < -0.39 is 0 Å². The number of aryl methyl sites for hydroxylation is 1. The van der Waals surface area contributed by atoms with E-state index in [9.17, 15) is 0 Å². The van der Waals surface area contributed by atoms with Gasteiger partial charge in [0.15, 0.2) is 5.96 Å². The lowest BCUT2D eigenvalue weighted by Crippen LogP contribution is -2.41. The maximum atomic E-state index is 4.56. The van der Waals surface area contributed by atoms with Crippen molar-refractivity contribution in [1.82, 2.24) is 15.6 Å². The quantitative estimate of drug-likeness (QED) is 0.616. The second kappa shape index (κ2) is 8.08. The summed E-state index contributed by atoms with van der Waals surface area (Å²) in [6.45, 7) is 10.0. The van der Waals surface area contributed by atoms with Crippen LogP contribution in [-0.4, -0.2) is 23.5 Å². The molecule has 1 aromatic heterocycles. The molecule has 1 unspecified atom stereocenters. The van der Waals surface area contributed by atoms with Crippen LogP contribution in [0.2, 0.25) is 0 Å². The molecule has 18 heavy (non-hydrogen) atoms. The highest BCUT2D eigenvalue weighted by atomic mass is 32.1. The number of nitrogens with zero attached hydrogens (tertiary/aromatic N) is 2. The molecule has 102 valence electrons. The Morgan fingerprint density at radius 1 is 1.44 bits per heavy atom. The van der Waals surface area contributed by atoms with Gasteiger partial charge in [-0.2, -0.15) is 0 Å². The minimum absolute atomic E-state index is 0.435. The standard InChI is InChI=1S/C13H24N4S/c1-5-10(4)16-13(14-7-3)15-8-11-9-18-12(6-2)17-11/h9-10H,5-8H2,1-4H3,(H2,14,15,16). The van der Waals surface area contributed by atoms with Gasteiger partial charge in [-0.1, -0.05) is 13.8 Å². The Kier molecular flexibility index (Phi) is 6.72. The smallest absolute Gasteiger partial charge is 0.191 e. The molecule has 0 radical (unpaired) electrons. The van der Waals surface area contributed by atoms with Crippen molar-refractivity contribution in [3.05, 3.63) is 16.1 Å². The fraction of sp³-hybridized carbons (Fsp3) is 0.692. The van der Waals surface area contributed by atoms with Crippen molar-refractivity contribution < 1.29 is 0 Å². The van der Waals surface area contributed by atoms with Gasteiger partial charge in [0.25, 0.3) is 0 Å². The second-order valence-electron chi connectivity index (χ2n) is 4.23. The molecule has 1 aromatic rings. The van der Waals surface area contributed by atoms with Crippen molar-refractivity contribution in [2.45, 2.75) is 53.1 Å². The van der Waals surface area contributed by atoms with Crippen LogP contribution < -0.4 is 10.6 Å². The molecule has 4 nitrogen and oxygen atoms in total. The second-order valence-corrected chi connectivity index (χ2v) is 5.18. The highest BCUT2D eigenvalue weighted by Crippen LogP contribution is 2.10. The van der Waals surface area contributed by atoms with Gasteiger partial charge in [-0.25, -0.2) is 9.98 Å².